The molecule has 0 radical (unpaired) electrons. The largest absolute Gasteiger partial charge is 0.508 e. The summed E-state index contributed by atoms with van der Waals surface area (Å²) < 4.78 is 4.99. The molecular formula is C9H11O2P. The lowest BCUT2D eigenvalue weighted by atomic mass is 10.1. The highest BCUT2D eigenvalue weighted by atomic mass is 31.0. The first-order valence-electron chi connectivity index (χ1n) is 3.58. The van der Waals surface area contributed by atoms with Crippen molar-refractivity contribution >= 4 is 14.3 Å². The Morgan fingerprint density at radius 2 is 2.17 bits per heavy atom. The van der Waals surface area contributed by atoms with Gasteiger partial charge in [0, 0.05) is 18.2 Å². The average Bonchev–Trinajstić information content (AvgIpc) is 2.08. The second-order valence-corrected chi connectivity index (χ2v) is 2.94. The summed E-state index contributed by atoms with van der Waals surface area (Å²) in [4.78, 5) is 0. The van der Waals surface area contributed by atoms with Gasteiger partial charge in [0.2, 0.25) is 0 Å². The van der Waals surface area contributed by atoms with Gasteiger partial charge in [0.1, 0.15) is 11.2 Å². The molecule has 0 atom stereocenters. The monoisotopic (exact) mass is 182 g/mol. The molecule has 1 aromatic rings. The van der Waals surface area contributed by atoms with E-state index in [0.717, 1.165) is 11.1 Å². The molecule has 0 fully saturated rings. The zero-order valence-corrected chi connectivity index (χ0v) is 8.09. The summed E-state index contributed by atoms with van der Waals surface area (Å²) in [5, 5.41) is 9.35. The highest BCUT2D eigenvalue weighted by molar-refractivity contribution is 7.21. The summed E-state index contributed by atoms with van der Waals surface area (Å²) >= 11 is 0. The topological polar surface area (TPSA) is 29.5 Å². The van der Waals surface area contributed by atoms with Gasteiger partial charge in [-0.15, -0.1) is 0 Å². The van der Waals surface area contributed by atoms with E-state index < -0.39 is 0 Å². The smallest absolute Gasteiger partial charge is 0.119 e. The van der Waals surface area contributed by atoms with Gasteiger partial charge in [0.15, 0.2) is 0 Å². The molecular weight excluding hydrogens is 171 g/mol. The van der Waals surface area contributed by atoms with Crippen LogP contribution in [-0.4, -0.2) is 17.7 Å². The summed E-state index contributed by atoms with van der Waals surface area (Å²) in [6.07, 6.45) is 0. The van der Waals surface area contributed by atoms with Crippen molar-refractivity contribution in [3.63, 3.8) is 0 Å². The number of rotatable bonds is 2. The van der Waals surface area contributed by atoms with Crippen molar-refractivity contribution in [2.75, 3.05) is 7.11 Å². The lowest BCUT2D eigenvalue weighted by Crippen LogP contribution is -2.01. The third kappa shape index (κ3) is 1.66. The molecule has 0 bridgehead atoms. The van der Waals surface area contributed by atoms with Gasteiger partial charge in [-0.25, -0.2) is 0 Å². The zero-order chi connectivity index (χ0) is 9.14. The van der Waals surface area contributed by atoms with E-state index in [-0.39, 0.29) is 5.75 Å². The maximum atomic E-state index is 9.35. The molecule has 1 aromatic carbocycles. The molecule has 0 saturated carbocycles. The zero-order valence-electron chi connectivity index (χ0n) is 7.09. The van der Waals surface area contributed by atoms with Gasteiger partial charge >= 0.3 is 0 Å². The van der Waals surface area contributed by atoms with Gasteiger partial charge in [-0.2, -0.15) is 0 Å². The number of hydrogen-bond donors (Lipinski definition) is 1. The number of hydrogen-bond acceptors (Lipinski definition) is 2. The van der Waals surface area contributed by atoms with E-state index in [2.05, 4.69) is 8.86 Å². The minimum absolute atomic E-state index is 0.278. The van der Waals surface area contributed by atoms with Crippen LogP contribution in [0.2, 0.25) is 0 Å². The van der Waals surface area contributed by atoms with E-state index in [0.29, 0.717) is 5.48 Å². The van der Waals surface area contributed by atoms with E-state index in [4.69, 9.17) is 4.74 Å². The molecule has 0 aromatic heterocycles. The van der Waals surface area contributed by atoms with Crippen LogP contribution in [-0.2, 0) is 4.74 Å². The maximum Gasteiger partial charge on any atom is 0.119 e. The Morgan fingerprint density at radius 1 is 1.50 bits per heavy atom. The van der Waals surface area contributed by atoms with Gasteiger partial charge in [0.25, 0.3) is 0 Å². The van der Waals surface area contributed by atoms with Crippen LogP contribution in [0.25, 0.3) is 0 Å². The molecule has 0 saturated heterocycles. The van der Waals surface area contributed by atoms with Crippen molar-refractivity contribution in [2.24, 2.45) is 0 Å². The fourth-order valence-electron chi connectivity index (χ4n) is 0.979. The van der Waals surface area contributed by atoms with Gasteiger partial charge in [-0.05, 0) is 13.0 Å². The Balaban J connectivity index is 3.16. The van der Waals surface area contributed by atoms with Crippen molar-refractivity contribution in [2.45, 2.75) is 6.92 Å². The first-order chi connectivity index (χ1) is 5.66. The van der Waals surface area contributed by atoms with Gasteiger partial charge in [-0.3, -0.25) is 0 Å². The fourth-order valence-corrected chi connectivity index (χ4v) is 1.25. The number of ether oxygens (including phenoxy) is 1. The van der Waals surface area contributed by atoms with Crippen molar-refractivity contribution in [3.8, 4) is 5.75 Å². The third-order valence-corrected chi connectivity index (χ3v) is 2.23. The number of aromatic hydroxyl groups is 1. The molecule has 0 unspecified atom stereocenters. The molecule has 2 nitrogen and oxygen atoms in total. The minimum atomic E-state index is 0.278. The van der Waals surface area contributed by atoms with Crippen LogP contribution in [0.3, 0.4) is 0 Å². The highest BCUT2D eigenvalue weighted by Crippen LogP contribution is 2.20. The SMILES string of the molecule is COC(=P)c1cccc(O)c1C. The molecule has 0 amide bonds. The summed E-state index contributed by atoms with van der Waals surface area (Å²) in [6.45, 7) is 1.84. The molecule has 12 heavy (non-hydrogen) atoms. The van der Waals surface area contributed by atoms with E-state index in [1.54, 1.807) is 19.2 Å². The van der Waals surface area contributed by atoms with Crippen molar-refractivity contribution < 1.29 is 9.84 Å². The summed E-state index contributed by atoms with van der Waals surface area (Å²) in [5.41, 5.74) is 2.31. The van der Waals surface area contributed by atoms with Crippen molar-refractivity contribution in [1.82, 2.24) is 0 Å². The molecule has 1 N–H and O–H groups in total. The van der Waals surface area contributed by atoms with Crippen molar-refractivity contribution in [3.05, 3.63) is 29.3 Å². The first kappa shape index (κ1) is 9.24. The minimum Gasteiger partial charge on any atom is -0.508 e. The molecule has 1 rings (SSSR count). The van der Waals surface area contributed by atoms with Gasteiger partial charge in [-0.1, -0.05) is 21.0 Å². The molecule has 3 heteroatoms. The van der Waals surface area contributed by atoms with Crippen LogP contribution in [0.1, 0.15) is 11.1 Å². The number of methoxy groups -OCH3 is 1. The van der Waals surface area contributed by atoms with E-state index in [1.807, 2.05) is 13.0 Å². The summed E-state index contributed by atoms with van der Waals surface area (Å²) in [6, 6.07) is 5.30. The van der Waals surface area contributed by atoms with Crippen LogP contribution >= 0.6 is 8.86 Å². The van der Waals surface area contributed by atoms with E-state index >= 15 is 0 Å². The Bertz CT molecular complexity index is 307. The highest BCUT2D eigenvalue weighted by Gasteiger charge is 2.05. The second-order valence-electron chi connectivity index (χ2n) is 2.48. The number of phenolic OH excluding ortho intramolecular Hbond substituents is 1. The fraction of sp³-hybridized carbons (Fsp3) is 0.222. The Kier molecular flexibility index (Phi) is 2.85. The summed E-state index contributed by atoms with van der Waals surface area (Å²) in [7, 11) is 4.88. The number of phenols is 1. The maximum absolute atomic E-state index is 9.35. The predicted octanol–water partition coefficient (Wildman–Crippen LogP) is 1.97. The van der Waals surface area contributed by atoms with Gasteiger partial charge in [0.05, 0.1) is 0 Å². The Hall–Kier alpha value is -0.850. The van der Waals surface area contributed by atoms with Crippen LogP contribution in [0.5, 0.6) is 5.75 Å². The molecule has 0 aliphatic carbocycles. The lowest BCUT2D eigenvalue weighted by molar-refractivity contribution is 0.414. The number of benzene rings is 1. The van der Waals surface area contributed by atoms with Gasteiger partial charge < -0.3 is 9.84 Å². The lowest BCUT2D eigenvalue weighted by Gasteiger charge is -2.07. The molecule has 64 valence electrons. The van der Waals surface area contributed by atoms with Crippen LogP contribution in [0, 0.1) is 6.92 Å². The Morgan fingerprint density at radius 3 is 2.75 bits per heavy atom. The predicted molar refractivity (Wildman–Crippen MR) is 52.3 cm³/mol. The van der Waals surface area contributed by atoms with Crippen LogP contribution in [0.4, 0.5) is 0 Å². The quantitative estimate of drug-likeness (QED) is 0.708. The standard InChI is InChI=1S/C9H11O2P/c1-6-7(9(12)11-2)4-3-5-8(6)10/h3-5,10,12H,1-2H3. The summed E-state index contributed by atoms with van der Waals surface area (Å²) in [5.74, 6) is 0.278. The van der Waals surface area contributed by atoms with Crippen LogP contribution in [0.15, 0.2) is 18.2 Å². The van der Waals surface area contributed by atoms with Crippen molar-refractivity contribution in [1.29, 1.82) is 0 Å². The van der Waals surface area contributed by atoms with Crippen LogP contribution < -0.4 is 0 Å². The van der Waals surface area contributed by atoms with E-state index in [9.17, 15) is 5.11 Å². The third-order valence-electron chi connectivity index (χ3n) is 1.75. The molecule has 0 heterocycles. The molecule has 0 spiro atoms. The first-order valence-corrected chi connectivity index (χ1v) is 4.08. The molecule has 0 aliphatic rings. The average molecular weight is 182 g/mol. The second kappa shape index (κ2) is 3.70. The van der Waals surface area contributed by atoms with E-state index in [1.165, 1.54) is 0 Å². The normalized spacial score (nSPS) is 9.83. The molecule has 0 aliphatic heterocycles. The Labute approximate surface area is 74.0 Å².